The molecule has 0 amide bonds. The van der Waals surface area contributed by atoms with Gasteiger partial charge in [0.05, 0.1) is 12.7 Å². The van der Waals surface area contributed by atoms with E-state index in [-0.39, 0.29) is 9.77 Å². The fourth-order valence-electron chi connectivity index (χ4n) is 1.70. The highest BCUT2D eigenvalue weighted by atomic mass is 32.2. The normalized spacial score (nSPS) is 11.0. The molecule has 0 unspecified atom stereocenters. The molecule has 2 aromatic rings. The van der Waals surface area contributed by atoms with Gasteiger partial charge in [-0.1, -0.05) is 12.1 Å². The van der Waals surface area contributed by atoms with Crippen LogP contribution in [0, 0.1) is 11.3 Å². The van der Waals surface area contributed by atoms with E-state index in [1.807, 2.05) is 6.07 Å². The maximum absolute atomic E-state index is 11.6. The highest BCUT2D eigenvalue weighted by Gasteiger charge is 2.20. The molecule has 0 N–H and O–H groups in total. The summed E-state index contributed by atoms with van der Waals surface area (Å²) in [7, 11) is -1.80. The van der Waals surface area contributed by atoms with Gasteiger partial charge in [0, 0.05) is 17.2 Å². The Labute approximate surface area is 115 Å². The second-order valence-electron chi connectivity index (χ2n) is 3.92. The van der Waals surface area contributed by atoms with Gasteiger partial charge < -0.3 is 4.74 Å². The Kier molecular flexibility index (Phi) is 3.60. The first kappa shape index (κ1) is 13.6. The number of sulfone groups is 1. The zero-order valence-corrected chi connectivity index (χ0v) is 12.0. The summed E-state index contributed by atoms with van der Waals surface area (Å²) in [4.78, 5) is 0. The average molecular weight is 293 g/mol. The molecule has 1 aromatic carbocycles. The Balaban J connectivity index is 2.57. The van der Waals surface area contributed by atoms with Gasteiger partial charge in [0.2, 0.25) is 0 Å². The molecule has 1 aromatic heterocycles. The maximum atomic E-state index is 11.6. The third-order valence-electron chi connectivity index (χ3n) is 2.61. The molecule has 0 bridgehead atoms. The molecule has 0 fully saturated rings. The van der Waals surface area contributed by atoms with Crippen molar-refractivity contribution in [2.45, 2.75) is 4.21 Å². The number of hydrogen-bond acceptors (Lipinski definition) is 5. The van der Waals surface area contributed by atoms with Crippen LogP contribution in [0.5, 0.6) is 5.75 Å². The third kappa shape index (κ3) is 2.62. The number of benzene rings is 1. The van der Waals surface area contributed by atoms with Crippen LogP contribution in [0.2, 0.25) is 0 Å². The first-order chi connectivity index (χ1) is 8.97. The Morgan fingerprint density at radius 2 is 1.89 bits per heavy atom. The van der Waals surface area contributed by atoms with Crippen molar-refractivity contribution in [3.05, 3.63) is 35.2 Å². The van der Waals surface area contributed by atoms with Gasteiger partial charge in [0.1, 0.15) is 16.0 Å². The summed E-state index contributed by atoms with van der Waals surface area (Å²) in [5.41, 5.74) is 1.64. The van der Waals surface area contributed by atoms with Crippen LogP contribution >= 0.6 is 11.3 Å². The van der Waals surface area contributed by atoms with Crippen LogP contribution in [0.1, 0.15) is 5.56 Å². The van der Waals surface area contributed by atoms with Crippen LogP contribution in [0.4, 0.5) is 0 Å². The number of hydrogen-bond donors (Lipinski definition) is 0. The summed E-state index contributed by atoms with van der Waals surface area (Å²) in [5, 5.41) is 10.9. The molecule has 4 nitrogen and oxygen atoms in total. The number of thiophene rings is 1. The van der Waals surface area contributed by atoms with Crippen molar-refractivity contribution in [3.8, 4) is 22.9 Å². The van der Waals surface area contributed by atoms with Gasteiger partial charge in [0.15, 0.2) is 9.84 Å². The molecule has 0 aliphatic heterocycles. The minimum Gasteiger partial charge on any atom is -0.497 e. The van der Waals surface area contributed by atoms with Crippen LogP contribution in [0.15, 0.2) is 33.9 Å². The van der Waals surface area contributed by atoms with Crippen molar-refractivity contribution in [2.24, 2.45) is 0 Å². The van der Waals surface area contributed by atoms with Gasteiger partial charge in [-0.2, -0.15) is 5.26 Å². The Morgan fingerprint density at radius 3 is 2.37 bits per heavy atom. The molecule has 2 rings (SSSR count). The smallest absolute Gasteiger partial charge is 0.186 e. The molecule has 0 spiro atoms. The SMILES string of the molecule is COc1ccc(-c2csc(S(C)(=O)=O)c2C#N)cc1. The van der Waals surface area contributed by atoms with Gasteiger partial charge in [-0.05, 0) is 17.7 Å². The molecule has 0 aliphatic carbocycles. The Morgan fingerprint density at radius 1 is 1.26 bits per heavy atom. The minimum absolute atomic E-state index is 0.112. The second-order valence-corrected chi connectivity index (χ2v) is 7.01. The molecule has 0 saturated carbocycles. The van der Waals surface area contributed by atoms with Gasteiger partial charge in [0.25, 0.3) is 0 Å². The lowest BCUT2D eigenvalue weighted by Gasteiger charge is -2.02. The molecule has 6 heteroatoms. The standard InChI is InChI=1S/C13H11NO3S2/c1-17-10-5-3-9(4-6-10)12-8-18-13(11(12)7-14)19(2,15)16/h3-6,8H,1-2H3. The zero-order chi connectivity index (χ0) is 14.0. The van der Waals surface area contributed by atoms with Crippen molar-refractivity contribution < 1.29 is 13.2 Å². The monoisotopic (exact) mass is 293 g/mol. The molecule has 19 heavy (non-hydrogen) atoms. The number of nitrogens with zero attached hydrogens (tertiary/aromatic N) is 1. The van der Waals surface area contributed by atoms with Crippen molar-refractivity contribution in [1.29, 1.82) is 5.26 Å². The van der Waals surface area contributed by atoms with Crippen LogP contribution in [0.3, 0.4) is 0 Å². The topological polar surface area (TPSA) is 67.2 Å². The van der Waals surface area contributed by atoms with E-state index < -0.39 is 9.84 Å². The second kappa shape index (κ2) is 5.03. The fraction of sp³-hybridized carbons (Fsp3) is 0.154. The molecule has 0 radical (unpaired) electrons. The van der Waals surface area contributed by atoms with Crippen LogP contribution < -0.4 is 4.74 Å². The van der Waals surface area contributed by atoms with Gasteiger partial charge >= 0.3 is 0 Å². The lowest BCUT2D eigenvalue weighted by molar-refractivity contribution is 0.415. The summed E-state index contributed by atoms with van der Waals surface area (Å²) in [5.74, 6) is 0.709. The number of ether oxygens (including phenoxy) is 1. The van der Waals surface area contributed by atoms with Crippen molar-refractivity contribution in [2.75, 3.05) is 13.4 Å². The van der Waals surface area contributed by atoms with Crippen LogP contribution in [-0.4, -0.2) is 21.8 Å². The molecule has 0 saturated heterocycles. The largest absolute Gasteiger partial charge is 0.497 e. The van der Waals surface area contributed by atoms with Crippen molar-refractivity contribution in [1.82, 2.24) is 0 Å². The number of methoxy groups -OCH3 is 1. The van der Waals surface area contributed by atoms with E-state index in [1.165, 1.54) is 0 Å². The highest BCUT2D eigenvalue weighted by Crippen LogP contribution is 2.34. The molecule has 0 atom stereocenters. The van der Waals surface area contributed by atoms with Crippen molar-refractivity contribution in [3.63, 3.8) is 0 Å². The molecular weight excluding hydrogens is 282 g/mol. The molecule has 0 aliphatic rings. The van der Waals surface area contributed by atoms with Gasteiger partial charge in [-0.25, -0.2) is 8.42 Å². The Hall–Kier alpha value is -1.84. The molecular formula is C13H11NO3S2. The first-order valence-electron chi connectivity index (χ1n) is 5.33. The Bertz CT molecular complexity index is 737. The van der Waals surface area contributed by atoms with E-state index >= 15 is 0 Å². The highest BCUT2D eigenvalue weighted by molar-refractivity contribution is 7.92. The van der Waals surface area contributed by atoms with E-state index in [0.717, 1.165) is 23.2 Å². The third-order valence-corrected chi connectivity index (χ3v) is 5.45. The number of nitriles is 1. The maximum Gasteiger partial charge on any atom is 0.186 e. The zero-order valence-electron chi connectivity index (χ0n) is 10.4. The summed E-state index contributed by atoms with van der Waals surface area (Å²) < 4.78 is 28.4. The summed E-state index contributed by atoms with van der Waals surface area (Å²) >= 11 is 1.07. The van der Waals surface area contributed by atoms with E-state index in [2.05, 4.69) is 0 Å². The van der Waals surface area contributed by atoms with E-state index in [4.69, 9.17) is 4.74 Å². The van der Waals surface area contributed by atoms with Crippen molar-refractivity contribution >= 4 is 21.2 Å². The van der Waals surface area contributed by atoms with Crippen LogP contribution in [-0.2, 0) is 9.84 Å². The lowest BCUT2D eigenvalue weighted by atomic mass is 10.1. The fourth-order valence-corrected chi connectivity index (χ4v) is 3.82. The molecule has 1 heterocycles. The summed E-state index contributed by atoms with van der Waals surface area (Å²) in [6.07, 6.45) is 1.11. The van der Waals surface area contributed by atoms with E-state index in [0.29, 0.717) is 11.3 Å². The summed E-state index contributed by atoms with van der Waals surface area (Å²) in [6, 6.07) is 9.12. The van der Waals surface area contributed by atoms with Crippen LogP contribution in [0.25, 0.3) is 11.1 Å². The predicted octanol–water partition coefficient (Wildman–Crippen LogP) is 2.70. The molecule has 98 valence electrons. The quantitative estimate of drug-likeness (QED) is 0.872. The first-order valence-corrected chi connectivity index (χ1v) is 8.10. The van der Waals surface area contributed by atoms with E-state index in [1.54, 1.807) is 36.8 Å². The van der Waals surface area contributed by atoms with E-state index in [9.17, 15) is 13.7 Å². The number of rotatable bonds is 3. The van der Waals surface area contributed by atoms with Gasteiger partial charge in [-0.3, -0.25) is 0 Å². The average Bonchev–Trinajstić information content (AvgIpc) is 2.82. The lowest BCUT2D eigenvalue weighted by Crippen LogP contribution is -1.96. The summed E-state index contributed by atoms with van der Waals surface area (Å²) in [6.45, 7) is 0. The predicted molar refractivity (Wildman–Crippen MR) is 74.1 cm³/mol. The minimum atomic E-state index is -3.37. The van der Waals surface area contributed by atoms with Gasteiger partial charge in [-0.15, -0.1) is 11.3 Å².